The van der Waals surface area contributed by atoms with Gasteiger partial charge in [0.1, 0.15) is 24.7 Å². The average molecular weight is 471 g/mol. The van der Waals surface area contributed by atoms with Crippen molar-refractivity contribution in [3.8, 4) is 22.6 Å². The van der Waals surface area contributed by atoms with E-state index in [4.69, 9.17) is 9.47 Å². The summed E-state index contributed by atoms with van der Waals surface area (Å²) >= 11 is 0. The van der Waals surface area contributed by atoms with Gasteiger partial charge in [-0.25, -0.2) is 0 Å². The van der Waals surface area contributed by atoms with E-state index in [-0.39, 0.29) is 0 Å². The Morgan fingerprint density at radius 2 is 0.861 bits per heavy atom. The van der Waals surface area contributed by atoms with Gasteiger partial charge in [-0.15, -0.1) is 0 Å². The molecule has 4 rings (SSSR count). The standard InChI is InChI=1S/C34H30O2/c1-3-25-35-33-11-7-5-9-31(33)23-17-27-13-19-29(20-14-27)30-21-15-28(16-22-30)18-24-32-10-6-8-12-34(32)36-26-4-2/h3-24H,1-2,25-26H2. The molecule has 0 bridgehead atoms. The first-order valence-corrected chi connectivity index (χ1v) is 12.0. The van der Waals surface area contributed by atoms with Crippen LogP contribution in [0.1, 0.15) is 22.3 Å². The molecule has 0 spiro atoms. The first kappa shape index (κ1) is 24.6. The lowest BCUT2D eigenvalue weighted by Crippen LogP contribution is -1.94. The SMILES string of the molecule is C=CCOc1ccccc1C=Cc1ccc(-c2ccc(C=Cc3ccccc3OCC=C)cc2)cc1. The average Bonchev–Trinajstić information content (AvgIpc) is 2.94. The molecule has 0 aliphatic rings. The van der Waals surface area contributed by atoms with Crippen molar-refractivity contribution in [3.63, 3.8) is 0 Å². The lowest BCUT2D eigenvalue weighted by molar-refractivity contribution is 0.362. The number of rotatable bonds is 11. The van der Waals surface area contributed by atoms with Crippen molar-refractivity contribution in [2.75, 3.05) is 13.2 Å². The summed E-state index contributed by atoms with van der Waals surface area (Å²) in [6.07, 6.45) is 11.9. The minimum absolute atomic E-state index is 0.492. The molecule has 0 heterocycles. The summed E-state index contributed by atoms with van der Waals surface area (Å²) in [5, 5.41) is 0. The van der Waals surface area contributed by atoms with E-state index in [1.165, 1.54) is 11.1 Å². The van der Waals surface area contributed by atoms with Gasteiger partial charge >= 0.3 is 0 Å². The molecule has 0 fully saturated rings. The van der Waals surface area contributed by atoms with Crippen LogP contribution in [-0.2, 0) is 0 Å². The summed E-state index contributed by atoms with van der Waals surface area (Å²) in [5.74, 6) is 1.71. The highest BCUT2D eigenvalue weighted by Crippen LogP contribution is 2.25. The molecular weight excluding hydrogens is 440 g/mol. The second-order valence-electron chi connectivity index (χ2n) is 8.19. The third-order valence-corrected chi connectivity index (χ3v) is 5.62. The van der Waals surface area contributed by atoms with Crippen LogP contribution in [0, 0.1) is 0 Å². The fraction of sp³-hybridized carbons (Fsp3) is 0.0588. The van der Waals surface area contributed by atoms with Crippen LogP contribution >= 0.6 is 0 Å². The van der Waals surface area contributed by atoms with Crippen molar-refractivity contribution < 1.29 is 9.47 Å². The predicted octanol–water partition coefficient (Wildman–Crippen LogP) is 8.82. The smallest absolute Gasteiger partial charge is 0.126 e. The van der Waals surface area contributed by atoms with E-state index < -0.39 is 0 Å². The molecule has 0 amide bonds. The largest absolute Gasteiger partial charge is 0.489 e. The van der Waals surface area contributed by atoms with E-state index in [0.29, 0.717) is 13.2 Å². The molecule has 2 heteroatoms. The van der Waals surface area contributed by atoms with Gasteiger partial charge in [-0.1, -0.05) is 135 Å². The Kier molecular flexibility index (Phi) is 8.72. The molecule has 0 aliphatic heterocycles. The van der Waals surface area contributed by atoms with Gasteiger partial charge in [0, 0.05) is 11.1 Å². The number of para-hydroxylation sites is 2. The van der Waals surface area contributed by atoms with E-state index >= 15 is 0 Å². The summed E-state index contributed by atoms with van der Waals surface area (Å²) in [5.41, 5.74) is 6.72. The van der Waals surface area contributed by atoms with Crippen molar-refractivity contribution in [2.45, 2.75) is 0 Å². The van der Waals surface area contributed by atoms with Crippen LogP contribution in [-0.4, -0.2) is 13.2 Å². The summed E-state index contributed by atoms with van der Waals surface area (Å²) in [4.78, 5) is 0. The minimum Gasteiger partial charge on any atom is -0.489 e. The highest BCUT2D eigenvalue weighted by Gasteiger charge is 2.01. The van der Waals surface area contributed by atoms with E-state index in [2.05, 4.69) is 86.0 Å². The molecule has 0 saturated carbocycles. The van der Waals surface area contributed by atoms with E-state index in [0.717, 1.165) is 33.8 Å². The molecule has 4 aromatic rings. The first-order valence-electron chi connectivity index (χ1n) is 12.0. The lowest BCUT2D eigenvalue weighted by Gasteiger charge is -2.07. The summed E-state index contributed by atoms with van der Waals surface area (Å²) < 4.78 is 11.5. The molecule has 0 aromatic heterocycles. The Labute approximate surface area is 214 Å². The molecule has 0 aliphatic carbocycles. The number of hydrogen-bond donors (Lipinski definition) is 0. The van der Waals surface area contributed by atoms with Gasteiger partial charge in [0.25, 0.3) is 0 Å². The molecule has 36 heavy (non-hydrogen) atoms. The molecule has 4 aromatic carbocycles. The van der Waals surface area contributed by atoms with Crippen LogP contribution in [0.4, 0.5) is 0 Å². The van der Waals surface area contributed by atoms with Crippen molar-refractivity contribution in [1.29, 1.82) is 0 Å². The molecular formula is C34H30O2. The Morgan fingerprint density at radius 1 is 0.472 bits per heavy atom. The van der Waals surface area contributed by atoms with Crippen molar-refractivity contribution in [1.82, 2.24) is 0 Å². The van der Waals surface area contributed by atoms with Gasteiger partial charge < -0.3 is 9.47 Å². The highest BCUT2D eigenvalue weighted by atomic mass is 16.5. The Morgan fingerprint density at radius 3 is 1.25 bits per heavy atom. The van der Waals surface area contributed by atoms with Crippen LogP contribution in [0.3, 0.4) is 0 Å². The normalized spacial score (nSPS) is 11.0. The quantitative estimate of drug-likeness (QED) is 0.161. The molecule has 2 nitrogen and oxygen atoms in total. The zero-order chi connectivity index (χ0) is 25.0. The number of benzene rings is 4. The van der Waals surface area contributed by atoms with Gasteiger partial charge in [0.05, 0.1) is 0 Å². The summed E-state index contributed by atoms with van der Waals surface area (Å²) in [6, 6.07) is 33.1. The maximum atomic E-state index is 5.74. The van der Waals surface area contributed by atoms with Gasteiger partial charge in [0.15, 0.2) is 0 Å². The Balaban J connectivity index is 1.42. The molecule has 0 unspecified atom stereocenters. The summed E-state index contributed by atoms with van der Waals surface area (Å²) in [7, 11) is 0. The van der Waals surface area contributed by atoms with Crippen molar-refractivity contribution in [3.05, 3.63) is 145 Å². The van der Waals surface area contributed by atoms with Crippen LogP contribution in [0.2, 0.25) is 0 Å². The second-order valence-corrected chi connectivity index (χ2v) is 8.19. The fourth-order valence-corrected chi connectivity index (χ4v) is 3.74. The fourth-order valence-electron chi connectivity index (χ4n) is 3.74. The third-order valence-electron chi connectivity index (χ3n) is 5.62. The molecule has 0 radical (unpaired) electrons. The van der Waals surface area contributed by atoms with Crippen molar-refractivity contribution in [2.24, 2.45) is 0 Å². The lowest BCUT2D eigenvalue weighted by atomic mass is 10.0. The van der Waals surface area contributed by atoms with Crippen LogP contribution in [0.15, 0.2) is 122 Å². The number of ether oxygens (including phenoxy) is 2. The number of hydrogen-bond acceptors (Lipinski definition) is 2. The maximum Gasteiger partial charge on any atom is 0.126 e. The van der Waals surface area contributed by atoms with Crippen LogP contribution in [0.25, 0.3) is 35.4 Å². The first-order chi connectivity index (χ1) is 17.8. The van der Waals surface area contributed by atoms with E-state index in [9.17, 15) is 0 Å². The van der Waals surface area contributed by atoms with Crippen molar-refractivity contribution >= 4 is 24.3 Å². The maximum absolute atomic E-state index is 5.74. The van der Waals surface area contributed by atoms with E-state index in [1.807, 2.05) is 48.5 Å². The van der Waals surface area contributed by atoms with Gasteiger partial charge in [-0.2, -0.15) is 0 Å². The molecule has 178 valence electrons. The second kappa shape index (κ2) is 12.8. The Bertz CT molecular complexity index is 1240. The molecule has 0 saturated heterocycles. The minimum atomic E-state index is 0.492. The zero-order valence-electron chi connectivity index (χ0n) is 20.3. The van der Waals surface area contributed by atoms with Gasteiger partial charge in [-0.3, -0.25) is 0 Å². The van der Waals surface area contributed by atoms with Crippen LogP contribution in [0.5, 0.6) is 11.5 Å². The monoisotopic (exact) mass is 470 g/mol. The Hall–Kier alpha value is -4.56. The molecule has 0 N–H and O–H groups in total. The summed E-state index contributed by atoms with van der Waals surface area (Å²) in [6.45, 7) is 8.42. The van der Waals surface area contributed by atoms with Crippen LogP contribution < -0.4 is 9.47 Å². The zero-order valence-corrected chi connectivity index (χ0v) is 20.3. The van der Waals surface area contributed by atoms with Gasteiger partial charge in [0.2, 0.25) is 0 Å². The van der Waals surface area contributed by atoms with E-state index in [1.54, 1.807) is 12.2 Å². The molecule has 0 atom stereocenters. The predicted molar refractivity (Wildman–Crippen MR) is 154 cm³/mol. The topological polar surface area (TPSA) is 18.5 Å². The third kappa shape index (κ3) is 6.74. The van der Waals surface area contributed by atoms with Gasteiger partial charge in [-0.05, 0) is 34.4 Å². The highest BCUT2D eigenvalue weighted by molar-refractivity contribution is 5.76.